The number of Topliss-reactive ketones (excluding diaryl/α,β-unsaturated/α-hetero) is 2. The molecule has 0 aliphatic carbocycles. The van der Waals surface area contributed by atoms with E-state index in [2.05, 4.69) is 0 Å². The smallest absolute Gasteiger partial charge is 0.410 e. The Bertz CT molecular complexity index is 797. The van der Waals surface area contributed by atoms with Crippen molar-refractivity contribution in [3.63, 3.8) is 0 Å². The van der Waals surface area contributed by atoms with Gasteiger partial charge in [0.05, 0.1) is 6.04 Å². The molecule has 1 amide bonds. The van der Waals surface area contributed by atoms with Crippen LogP contribution in [0, 0.1) is 5.92 Å². The number of aryl methyl sites for hydroxylation is 1. The Morgan fingerprint density at radius 3 is 2.52 bits per heavy atom. The van der Waals surface area contributed by atoms with Crippen LogP contribution >= 0.6 is 0 Å². The third kappa shape index (κ3) is 4.83. The van der Waals surface area contributed by atoms with E-state index in [-0.39, 0.29) is 0 Å². The molecule has 3 rings (SSSR count). The second-order valence-electron chi connectivity index (χ2n) is 8.52. The van der Waals surface area contributed by atoms with Crippen LogP contribution in [0.2, 0.25) is 0 Å². The summed E-state index contributed by atoms with van der Waals surface area (Å²) in [6, 6.07) is 8.73. The fraction of sp³-hybridized carbons (Fsp3) is 0.545. The molecule has 2 fully saturated rings. The SMILES string of the molecule is CC(C)(C)OC(=O)N1CCC[C@H]1C(=O)C1C(=O)O[C@H](CCc2ccccc2)C1=O. The van der Waals surface area contributed by atoms with Crippen molar-refractivity contribution in [2.24, 2.45) is 5.92 Å². The molecule has 156 valence electrons. The maximum atomic E-state index is 13.0. The third-order valence-electron chi connectivity index (χ3n) is 5.13. The lowest BCUT2D eigenvalue weighted by atomic mass is 9.91. The number of cyclic esters (lactones) is 1. The molecule has 0 N–H and O–H groups in total. The number of esters is 1. The van der Waals surface area contributed by atoms with Crippen molar-refractivity contribution >= 4 is 23.6 Å². The first kappa shape index (κ1) is 21.0. The number of carbonyl (C=O) groups is 4. The van der Waals surface area contributed by atoms with Gasteiger partial charge in [0.1, 0.15) is 5.60 Å². The summed E-state index contributed by atoms with van der Waals surface area (Å²) < 4.78 is 10.6. The lowest BCUT2D eigenvalue weighted by Gasteiger charge is -2.28. The molecule has 0 bridgehead atoms. The molecule has 2 aliphatic rings. The standard InChI is InChI=1S/C22H27NO6/c1-22(2,3)29-21(27)23-13-7-10-15(23)18(24)17-19(25)16(28-20(17)26)12-11-14-8-5-4-6-9-14/h4-6,8-9,15-17H,7,10-13H2,1-3H3/t15-,16+,17?/m0/s1. The van der Waals surface area contributed by atoms with Gasteiger partial charge in [-0.25, -0.2) is 4.79 Å². The average molecular weight is 401 g/mol. The van der Waals surface area contributed by atoms with Gasteiger partial charge in [-0.2, -0.15) is 0 Å². The van der Waals surface area contributed by atoms with Gasteiger partial charge in [0.25, 0.3) is 0 Å². The molecule has 2 aliphatic heterocycles. The van der Waals surface area contributed by atoms with Crippen molar-refractivity contribution in [2.75, 3.05) is 6.54 Å². The van der Waals surface area contributed by atoms with Crippen LogP contribution in [-0.4, -0.2) is 52.8 Å². The highest BCUT2D eigenvalue weighted by Gasteiger charge is 2.51. The number of rotatable bonds is 5. The van der Waals surface area contributed by atoms with Gasteiger partial charge in [-0.05, 0) is 52.0 Å². The van der Waals surface area contributed by atoms with Crippen LogP contribution in [0.1, 0.15) is 45.6 Å². The van der Waals surface area contributed by atoms with Crippen LogP contribution in [0.25, 0.3) is 0 Å². The average Bonchev–Trinajstić information content (AvgIpc) is 3.24. The number of amides is 1. The molecule has 2 heterocycles. The van der Waals surface area contributed by atoms with Gasteiger partial charge in [0.15, 0.2) is 23.6 Å². The first-order valence-electron chi connectivity index (χ1n) is 9.99. The Morgan fingerprint density at radius 2 is 1.86 bits per heavy atom. The zero-order chi connectivity index (χ0) is 21.2. The predicted molar refractivity (Wildman–Crippen MR) is 104 cm³/mol. The molecule has 2 saturated heterocycles. The van der Waals surface area contributed by atoms with E-state index >= 15 is 0 Å². The van der Waals surface area contributed by atoms with Gasteiger partial charge in [-0.3, -0.25) is 19.3 Å². The zero-order valence-corrected chi connectivity index (χ0v) is 17.1. The van der Waals surface area contributed by atoms with E-state index in [0.717, 1.165) is 5.56 Å². The lowest BCUT2D eigenvalue weighted by molar-refractivity contribution is -0.148. The summed E-state index contributed by atoms with van der Waals surface area (Å²) in [6.07, 6.45) is 0.394. The molecular weight excluding hydrogens is 374 g/mol. The first-order chi connectivity index (χ1) is 13.7. The Kier molecular flexibility index (Phi) is 6.05. The summed E-state index contributed by atoms with van der Waals surface area (Å²) in [6.45, 7) is 5.59. The van der Waals surface area contributed by atoms with Crippen LogP contribution in [-0.2, 0) is 30.3 Å². The summed E-state index contributed by atoms with van der Waals surface area (Å²) in [5.41, 5.74) is 0.329. The summed E-state index contributed by atoms with van der Waals surface area (Å²) in [5, 5.41) is 0. The fourth-order valence-corrected chi connectivity index (χ4v) is 3.76. The highest BCUT2D eigenvalue weighted by molar-refractivity contribution is 6.23. The van der Waals surface area contributed by atoms with E-state index in [9.17, 15) is 19.2 Å². The normalized spacial score (nSPS) is 24.5. The second kappa shape index (κ2) is 8.35. The van der Waals surface area contributed by atoms with Crippen molar-refractivity contribution in [1.29, 1.82) is 0 Å². The monoisotopic (exact) mass is 401 g/mol. The minimum atomic E-state index is -1.45. The molecule has 1 unspecified atom stereocenters. The number of hydrogen-bond donors (Lipinski definition) is 0. The van der Waals surface area contributed by atoms with Crippen LogP contribution in [0.4, 0.5) is 4.79 Å². The van der Waals surface area contributed by atoms with Gasteiger partial charge < -0.3 is 9.47 Å². The van der Waals surface area contributed by atoms with E-state index in [1.54, 1.807) is 20.8 Å². The molecule has 0 saturated carbocycles. The Labute approximate surface area is 170 Å². The van der Waals surface area contributed by atoms with Gasteiger partial charge in [-0.1, -0.05) is 30.3 Å². The summed E-state index contributed by atoms with van der Waals surface area (Å²) >= 11 is 0. The maximum absolute atomic E-state index is 13.0. The highest BCUT2D eigenvalue weighted by atomic mass is 16.6. The summed E-state index contributed by atoms with van der Waals surface area (Å²) in [7, 11) is 0. The minimum absolute atomic E-state index is 0.332. The van der Waals surface area contributed by atoms with Gasteiger partial charge in [0, 0.05) is 6.54 Å². The number of ether oxygens (including phenoxy) is 2. The molecule has 7 heteroatoms. The molecule has 1 aromatic carbocycles. The largest absolute Gasteiger partial charge is 0.453 e. The number of nitrogens with zero attached hydrogens (tertiary/aromatic N) is 1. The minimum Gasteiger partial charge on any atom is -0.453 e. The number of carbonyl (C=O) groups excluding carboxylic acids is 4. The van der Waals surface area contributed by atoms with E-state index in [0.29, 0.717) is 32.2 Å². The van der Waals surface area contributed by atoms with Gasteiger partial charge in [-0.15, -0.1) is 0 Å². The van der Waals surface area contributed by atoms with Gasteiger partial charge in [0.2, 0.25) is 0 Å². The topological polar surface area (TPSA) is 90.0 Å². The van der Waals surface area contributed by atoms with Crippen molar-refractivity contribution < 1.29 is 28.7 Å². The molecule has 29 heavy (non-hydrogen) atoms. The molecule has 0 radical (unpaired) electrons. The number of benzene rings is 1. The Hall–Kier alpha value is -2.70. The molecule has 0 aromatic heterocycles. The van der Waals surface area contributed by atoms with Crippen LogP contribution in [0.15, 0.2) is 30.3 Å². The van der Waals surface area contributed by atoms with Crippen molar-refractivity contribution in [2.45, 2.75) is 64.2 Å². The quantitative estimate of drug-likeness (QED) is 0.557. The van der Waals surface area contributed by atoms with Crippen LogP contribution in [0.3, 0.4) is 0 Å². The molecule has 7 nitrogen and oxygen atoms in total. The van der Waals surface area contributed by atoms with Crippen LogP contribution < -0.4 is 0 Å². The van der Waals surface area contributed by atoms with E-state index in [4.69, 9.17) is 9.47 Å². The number of likely N-dealkylation sites (tertiary alicyclic amines) is 1. The van der Waals surface area contributed by atoms with Crippen LogP contribution in [0.5, 0.6) is 0 Å². The molecular formula is C22H27NO6. The molecule has 0 spiro atoms. The summed E-state index contributed by atoms with van der Waals surface area (Å²) in [5.74, 6) is -3.34. The van der Waals surface area contributed by atoms with E-state index < -0.39 is 47.3 Å². The molecule has 1 aromatic rings. The fourth-order valence-electron chi connectivity index (χ4n) is 3.76. The lowest BCUT2D eigenvalue weighted by Crippen LogP contribution is -2.47. The van der Waals surface area contributed by atoms with Gasteiger partial charge >= 0.3 is 12.1 Å². The van der Waals surface area contributed by atoms with E-state index in [1.165, 1.54) is 4.90 Å². The summed E-state index contributed by atoms with van der Waals surface area (Å²) in [4.78, 5) is 51.8. The highest BCUT2D eigenvalue weighted by Crippen LogP contribution is 2.29. The van der Waals surface area contributed by atoms with Crippen molar-refractivity contribution in [3.8, 4) is 0 Å². The Morgan fingerprint density at radius 1 is 1.17 bits per heavy atom. The number of ketones is 2. The number of hydrogen-bond acceptors (Lipinski definition) is 6. The third-order valence-corrected chi connectivity index (χ3v) is 5.13. The maximum Gasteiger partial charge on any atom is 0.410 e. The van der Waals surface area contributed by atoms with Crippen molar-refractivity contribution in [1.82, 2.24) is 4.90 Å². The predicted octanol–water partition coefficient (Wildman–Crippen LogP) is 2.70. The molecule has 3 atom stereocenters. The Balaban J connectivity index is 1.66. The van der Waals surface area contributed by atoms with Crippen molar-refractivity contribution in [3.05, 3.63) is 35.9 Å². The first-order valence-corrected chi connectivity index (χ1v) is 9.99. The van der Waals surface area contributed by atoms with E-state index in [1.807, 2.05) is 30.3 Å². The zero-order valence-electron chi connectivity index (χ0n) is 17.1. The second-order valence-corrected chi connectivity index (χ2v) is 8.52.